The molecule has 3 rings (SSSR count). The van der Waals surface area contributed by atoms with Gasteiger partial charge in [0, 0.05) is 16.8 Å². The highest BCUT2D eigenvalue weighted by Crippen LogP contribution is 2.48. The molecular formula is C14H15N3OS. The van der Waals surface area contributed by atoms with Crippen molar-refractivity contribution in [3.05, 3.63) is 46.4 Å². The highest BCUT2D eigenvalue weighted by molar-refractivity contribution is 7.09. The van der Waals surface area contributed by atoms with Gasteiger partial charge in [-0.1, -0.05) is 12.1 Å². The molecule has 0 unspecified atom stereocenters. The van der Waals surface area contributed by atoms with E-state index >= 15 is 0 Å². The number of benzene rings is 1. The van der Waals surface area contributed by atoms with Crippen molar-refractivity contribution < 1.29 is 4.79 Å². The van der Waals surface area contributed by atoms with E-state index in [2.05, 4.69) is 10.3 Å². The molecule has 0 atom stereocenters. The number of nitrogens with one attached hydrogen (secondary N) is 1. The lowest BCUT2D eigenvalue weighted by molar-refractivity contribution is -0.123. The summed E-state index contributed by atoms with van der Waals surface area (Å²) in [6.45, 7) is 0.556. The topological polar surface area (TPSA) is 68.0 Å². The molecule has 1 heterocycles. The molecule has 0 bridgehead atoms. The van der Waals surface area contributed by atoms with E-state index in [0.29, 0.717) is 6.54 Å². The standard InChI is InChI=1S/C14H15N3OS/c15-11-3-1-10(2-4-11)14(5-6-14)13(18)17-8-12-7-16-9-19-12/h1-4,7,9H,5-6,8,15H2,(H,17,18). The van der Waals surface area contributed by atoms with Gasteiger partial charge in [-0.25, -0.2) is 0 Å². The second-order valence-electron chi connectivity index (χ2n) is 4.85. The lowest BCUT2D eigenvalue weighted by Crippen LogP contribution is -2.34. The second kappa shape index (κ2) is 4.66. The molecule has 0 saturated heterocycles. The minimum absolute atomic E-state index is 0.102. The van der Waals surface area contributed by atoms with Gasteiger partial charge in [-0.2, -0.15) is 0 Å². The molecular weight excluding hydrogens is 258 g/mol. The Morgan fingerprint density at radius 2 is 2.11 bits per heavy atom. The van der Waals surface area contributed by atoms with Gasteiger partial charge in [0.15, 0.2) is 0 Å². The number of aromatic nitrogens is 1. The smallest absolute Gasteiger partial charge is 0.230 e. The summed E-state index contributed by atoms with van der Waals surface area (Å²) >= 11 is 1.55. The minimum atomic E-state index is -0.335. The molecule has 1 aliphatic carbocycles. The van der Waals surface area contributed by atoms with Gasteiger partial charge in [-0.05, 0) is 30.5 Å². The normalized spacial score (nSPS) is 16.0. The summed E-state index contributed by atoms with van der Waals surface area (Å²) in [6.07, 6.45) is 3.60. The van der Waals surface area contributed by atoms with E-state index in [1.54, 1.807) is 23.0 Å². The van der Waals surface area contributed by atoms with Crippen molar-refractivity contribution in [1.82, 2.24) is 10.3 Å². The summed E-state index contributed by atoms with van der Waals surface area (Å²) in [4.78, 5) is 17.4. The number of carbonyl (C=O) groups excluding carboxylic acids is 1. The van der Waals surface area contributed by atoms with Gasteiger partial charge in [-0.15, -0.1) is 11.3 Å². The first-order chi connectivity index (χ1) is 9.21. The van der Waals surface area contributed by atoms with E-state index < -0.39 is 0 Å². The van der Waals surface area contributed by atoms with Crippen LogP contribution in [0.1, 0.15) is 23.3 Å². The fourth-order valence-electron chi connectivity index (χ4n) is 2.24. The Balaban J connectivity index is 1.70. The predicted molar refractivity (Wildman–Crippen MR) is 75.7 cm³/mol. The zero-order valence-corrected chi connectivity index (χ0v) is 11.2. The van der Waals surface area contributed by atoms with Crippen LogP contribution >= 0.6 is 11.3 Å². The Morgan fingerprint density at radius 1 is 1.37 bits per heavy atom. The molecule has 4 nitrogen and oxygen atoms in total. The first-order valence-electron chi connectivity index (χ1n) is 6.22. The van der Waals surface area contributed by atoms with Crippen LogP contribution in [-0.4, -0.2) is 10.9 Å². The first kappa shape index (κ1) is 12.2. The Kier molecular flexibility index (Phi) is 2.98. The van der Waals surface area contributed by atoms with Gasteiger partial charge in [-0.3, -0.25) is 9.78 Å². The van der Waals surface area contributed by atoms with Crippen molar-refractivity contribution in [3.8, 4) is 0 Å². The zero-order valence-electron chi connectivity index (χ0n) is 10.4. The number of nitrogens with two attached hydrogens (primary N) is 1. The molecule has 1 aliphatic rings. The maximum Gasteiger partial charge on any atom is 0.230 e. The molecule has 5 heteroatoms. The molecule has 1 amide bonds. The van der Waals surface area contributed by atoms with Crippen LogP contribution in [0.3, 0.4) is 0 Å². The SMILES string of the molecule is Nc1ccc(C2(C(=O)NCc3cncs3)CC2)cc1. The Labute approximate surface area is 115 Å². The molecule has 1 saturated carbocycles. The quantitative estimate of drug-likeness (QED) is 0.838. The van der Waals surface area contributed by atoms with Crippen molar-refractivity contribution >= 4 is 22.9 Å². The molecule has 0 aliphatic heterocycles. The Morgan fingerprint density at radius 3 is 2.68 bits per heavy atom. The second-order valence-corrected chi connectivity index (χ2v) is 5.83. The summed E-state index contributed by atoms with van der Waals surface area (Å²) < 4.78 is 0. The van der Waals surface area contributed by atoms with Crippen LogP contribution in [0, 0.1) is 0 Å². The third kappa shape index (κ3) is 2.33. The van der Waals surface area contributed by atoms with Crippen LogP contribution in [0.5, 0.6) is 0 Å². The van der Waals surface area contributed by atoms with Gasteiger partial charge >= 0.3 is 0 Å². The number of anilines is 1. The molecule has 0 spiro atoms. The zero-order chi connectivity index (χ0) is 13.3. The lowest BCUT2D eigenvalue weighted by atomic mass is 9.95. The molecule has 1 fully saturated rings. The van der Waals surface area contributed by atoms with E-state index in [0.717, 1.165) is 29.0 Å². The monoisotopic (exact) mass is 273 g/mol. The molecule has 1 aromatic heterocycles. The van der Waals surface area contributed by atoms with Crippen molar-refractivity contribution in [2.45, 2.75) is 24.8 Å². The van der Waals surface area contributed by atoms with Gasteiger partial charge < -0.3 is 11.1 Å². The summed E-state index contributed by atoms with van der Waals surface area (Å²) in [7, 11) is 0. The lowest BCUT2D eigenvalue weighted by Gasteiger charge is -2.15. The van der Waals surface area contributed by atoms with E-state index in [1.807, 2.05) is 24.3 Å². The average Bonchev–Trinajstić information content (AvgIpc) is 3.07. The van der Waals surface area contributed by atoms with E-state index in [4.69, 9.17) is 5.73 Å². The van der Waals surface area contributed by atoms with E-state index in [-0.39, 0.29) is 11.3 Å². The molecule has 2 aromatic rings. The summed E-state index contributed by atoms with van der Waals surface area (Å²) in [5, 5.41) is 3.00. The predicted octanol–water partition coefficient (Wildman–Crippen LogP) is 2.07. The van der Waals surface area contributed by atoms with Gasteiger partial charge in [0.2, 0.25) is 5.91 Å². The largest absolute Gasteiger partial charge is 0.399 e. The molecule has 0 radical (unpaired) electrons. The highest BCUT2D eigenvalue weighted by Gasteiger charge is 2.50. The van der Waals surface area contributed by atoms with E-state index in [9.17, 15) is 4.79 Å². The minimum Gasteiger partial charge on any atom is -0.399 e. The number of hydrogen-bond acceptors (Lipinski definition) is 4. The van der Waals surface area contributed by atoms with Gasteiger partial charge in [0.1, 0.15) is 0 Å². The molecule has 98 valence electrons. The van der Waals surface area contributed by atoms with Crippen LogP contribution in [0.25, 0.3) is 0 Å². The fourth-order valence-corrected chi connectivity index (χ4v) is 2.77. The van der Waals surface area contributed by atoms with Gasteiger partial charge in [0.05, 0.1) is 17.5 Å². The fraction of sp³-hybridized carbons (Fsp3) is 0.286. The number of hydrogen-bond donors (Lipinski definition) is 2. The highest BCUT2D eigenvalue weighted by atomic mass is 32.1. The first-order valence-corrected chi connectivity index (χ1v) is 7.10. The third-order valence-electron chi connectivity index (χ3n) is 3.55. The van der Waals surface area contributed by atoms with Crippen LogP contribution in [0.15, 0.2) is 36.0 Å². The summed E-state index contributed by atoms with van der Waals surface area (Å²) in [5.74, 6) is 0.102. The Hall–Kier alpha value is -1.88. The summed E-state index contributed by atoms with van der Waals surface area (Å²) in [5.41, 5.74) is 8.91. The van der Waals surface area contributed by atoms with Crippen LogP contribution in [0.2, 0.25) is 0 Å². The van der Waals surface area contributed by atoms with Crippen molar-refractivity contribution in [2.24, 2.45) is 0 Å². The van der Waals surface area contributed by atoms with Crippen LogP contribution in [-0.2, 0) is 16.8 Å². The number of carbonyl (C=O) groups is 1. The van der Waals surface area contributed by atoms with Gasteiger partial charge in [0.25, 0.3) is 0 Å². The number of nitrogens with zero attached hydrogens (tertiary/aromatic N) is 1. The maximum atomic E-state index is 12.3. The van der Waals surface area contributed by atoms with Crippen molar-refractivity contribution in [3.63, 3.8) is 0 Å². The number of rotatable bonds is 4. The Bertz CT molecular complexity index is 573. The van der Waals surface area contributed by atoms with Crippen molar-refractivity contribution in [2.75, 3.05) is 5.73 Å². The van der Waals surface area contributed by atoms with E-state index in [1.165, 1.54) is 0 Å². The molecule has 19 heavy (non-hydrogen) atoms. The van der Waals surface area contributed by atoms with Crippen LogP contribution < -0.4 is 11.1 Å². The number of thiazole rings is 1. The third-order valence-corrected chi connectivity index (χ3v) is 4.33. The number of amides is 1. The molecule has 3 N–H and O–H groups in total. The van der Waals surface area contributed by atoms with Crippen LogP contribution in [0.4, 0.5) is 5.69 Å². The average molecular weight is 273 g/mol. The maximum absolute atomic E-state index is 12.3. The number of nitrogen functional groups attached to an aromatic ring is 1. The summed E-state index contributed by atoms with van der Waals surface area (Å²) in [6, 6.07) is 7.61. The molecule has 1 aromatic carbocycles. The van der Waals surface area contributed by atoms with Crippen molar-refractivity contribution in [1.29, 1.82) is 0 Å².